The van der Waals surface area contributed by atoms with Crippen LogP contribution in [-0.4, -0.2) is 5.78 Å². The van der Waals surface area contributed by atoms with Gasteiger partial charge >= 0.3 is 0 Å². The highest BCUT2D eigenvalue weighted by Gasteiger charge is 2.11. The van der Waals surface area contributed by atoms with Gasteiger partial charge in [-0.2, -0.15) is 0 Å². The molecular weight excluding hydrogens is 280 g/mol. The first-order valence-electron chi connectivity index (χ1n) is 6.90. The zero-order valence-electron chi connectivity index (χ0n) is 11.8. The number of hydrogen-bond donors (Lipinski definition) is 0. The molecular formula is C19H15ClO. The number of Topliss-reactive ketones (excluding diaryl/α,β-unsaturated/α-hetero) is 1. The third kappa shape index (κ3) is 2.98. The van der Waals surface area contributed by atoms with E-state index in [1.807, 2.05) is 37.3 Å². The van der Waals surface area contributed by atoms with E-state index in [0.29, 0.717) is 17.0 Å². The second kappa shape index (κ2) is 5.71. The van der Waals surface area contributed by atoms with Gasteiger partial charge in [-0.1, -0.05) is 60.1 Å². The number of carbonyl (C=O) groups excluding carboxylic acids is 1. The average molecular weight is 295 g/mol. The smallest absolute Gasteiger partial charge is 0.168 e. The Labute approximate surface area is 129 Å². The minimum absolute atomic E-state index is 0.0512. The van der Waals surface area contributed by atoms with Gasteiger partial charge in [-0.25, -0.2) is 0 Å². The van der Waals surface area contributed by atoms with Gasteiger partial charge < -0.3 is 0 Å². The summed E-state index contributed by atoms with van der Waals surface area (Å²) < 4.78 is 0. The Morgan fingerprint density at radius 2 is 1.71 bits per heavy atom. The summed E-state index contributed by atoms with van der Waals surface area (Å²) in [5.74, 6) is 0.0512. The van der Waals surface area contributed by atoms with E-state index in [1.54, 1.807) is 6.07 Å². The molecule has 21 heavy (non-hydrogen) atoms. The van der Waals surface area contributed by atoms with Crippen LogP contribution < -0.4 is 0 Å². The number of rotatable bonds is 3. The van der Waals surface area contributed by atoms with Gasteiger partial charge in [-0.15, -0.1) is 0 Å². The molecule has 0 amide bonds. The lowest BCUT2D eigenvalue weighted by atomic mass is 9.99. The first-order valence-corrected chi connectivity index (χ1v) is 7.28. The lowest BCUT2D eigenvalue weighted by Gasteiger charge is -2.06. The maximum absolute atomic E-state index is 12.4. The van der Waals surface area contributed by atoms with E-state index in [-0.39, 0.29) is 5.78 Å². The molecule has 0 N–H and O–H groups in total. The van der Waals surface area contributed by atoms with Crippen LogP contribution in [0, 0.1) is 6.92 Å². The fourth-order valence-corrected chi connectivity index (χ4v) is 2.82. The maximum atomic E-state index is 12.4. The molecule has 3 aromatic carbocycles. The van der Waals surface area contributed by atoms with Gasteiger partial charge in [-0.05, 0) is 41.0 Å². The average Bonchev–Trinajstić information content (AvgIpc) is 2.47. The van der Waals surface area contributed by atoms with Crippen molar-refractivity contribution >= 4 is 28.2 Å². The minimum atomic E-state index is 0.0512. The molecule has 104 valence electrons. The molecule has 0 atom stereocenters. The highest BCUT2D eigenvalue weighted by molar-refractivity contribution is 6.34. The second-order valence-corrected chi connectivity index (χ2v) is 5.67. The van der Waals surface area contributed by atoms with E-state index < -0.39 is 0 Å². The van der Waals surface area contributed by atoms with Gasteiger partial charge in [0, 0.05) is 12.0 Å². The van der Waals surface area contributed by atoms with Crippen LogP contribution in [0.2, 0.25) is 5.02 Å². The van der Waals surface area contributed by atoms with Gasteiger partial charge in [0.05, 0.1) is 5.02 Å². The number of hydrogen-bond acceptors (Lipinski definition) is 1. The van der Waals surface area contributed by atoms with E-state index in [2.05, 4.69) is 24.3 Å². The molecule has 0 aliphatic heterocycles. The van der Waals surface area contributed by atoms with Crippen LogP contribution in [0.4, 0.5) is 0 Å². The summed E-state index contributed by atoms with van der Waals surface area (Å²) in [7, 11) is 0. The molecule has 0 unspecified atom stereocenters. The van der Waals surface area contributed by atoms with Crippen molar-refractivity contribution < 1.29 is 4.79 Å². The Morgan fingerprint density at radius 1 is 0.952 bits per heavy atom. The second-order valence-electron chi connectivity index (χ2n) is 5.26. The number of halogens is 1. The van der Waals surface area contributed by atoms with Gasteiger partial charge in [-0.3, -0.25) is 4.79 Å². The van der Waals surface area contributed by atoms with Crippen molar-refractivity contribution in [3.8, 4) is 0 Å². The number of fused-ring (bicyclic) bond motifs is 1. The Kier molecular flexibility index (Phi) is 3.76. The Bertz CT molecular complexity index is 821. The maximum Gasteiger partial charge on any atom is 0.168 e. The highest BCUT2D eigenvalue weighted by atomic mass is 35.5. The van der Waals surface area contributed by atoms with E-state index in [0.717, 1.165) is 16.5 Å². The van der Waals surface area contributed by atoms with Crippen molar-refractivity contribution in [3.63, 3.8) is 0 Å². The number of aryl methyl sites for hydroxylation is 1. The highest BCUT2D eigenvalue weighted by Crippen LogP contribution is 2.21. The van der Waals surface area contributed by atoms with Gasteiger partial charge in [0.1, 0.15) is 0 Å². The van der Waals surface area contributed by atoms with Crippen LogP contribution in [0.15, 0.2) is 60.7 Å². The molecule has 0 spiro atoms. The van der Waals surface area contributed by atoms with Crippen molar-refractivity contribution in [2.75, 3.05) is 0 Å². The van der Waals surface area contributed by atoms with Gasteiger partial charge in [0.25, 0.3) is 0 Å². The summed E-state index contributed by atoms with van der Waals surface area (Å²) >= 11 is 6.16. The molecule has 0 heterocycles. The molecule has 0 fully saturated rings. The Morgan fingerprint density at radius 3 is 2.48 bits per heavy atom. The van der Waals surface area contributed by atoms with Crippen LogP contribution in [0.1, 0.15) is 21.5 Å². The third-order valence-electron chi connectivity index (χ3n) is 3.60. The number of benzene rings is 3. The summed E-state index contributed by atoms with van der Waals surface area (Å²) in [5.41, 5.74) is 2.66. The first kappa shape index (κ1) is 13.8. The quantitative estimate of drug-likeness (QED) is 0.605. The largest absolute Gasteiger partial charge is 0.294 e. The lowest BCUT2D eigenvalue weighted by molar-refractivity contribution is 0.0993. The fourth-order valence-electron chi connectivity index (χ4n) is 2.48. The zero-order valence-corrected chi connectivity index (χ0v) is 12.5. The van der Waals surface area contributed by atoms with E-state index >= 15 is 0 Å². The molecule has 0 bridgehead atoms. The van der Waals surface area contributed by atoms with Crippen molar-refractivity contribution in [2.45, 2.75) is 13.3 Å². The predicted molar refractivity (Wildman–Crippen MR) is 88.2 cm³/mol. The van der Waals surface area contributed by atoms with Crippen LogP contribution in [-0.2, 0) is 6.42 Å². The molecule has 3 aromatic rings. The summed E-state index contributed by atoms with van der Waals surface area (Å²) in [6.07, 6.45) is 0.369. The van der Waals surface area contributed by atoms with E-state index in [4.69, 9.17) is 11.6 Å². The molecule has 0 aromatic heterocycles. The summed E-state index contributed by atoms with van der Waals surface area (Å²) in [6.45, 7) is 1.96. The van der Waals surface area contributed by atoms with Gasteiger partial charge in [0.15, 0.2) is 5.78 Å². The minimum Gasteiger partial charge on any atom is -0.294 e. The topological polar surface area (TPSA) is 17.1 Å². The van der Waals surface area contributed by atoms with E-state index in [9.17, 15) is 4.79 Å². The van der Waals surface area contributed by atoms with Crippen LogP contribution >= 0.6 is 11.6 Å². The van der Waals surface area contributed by atoms with Crippen LogP contribution in [0.5, 0.6) is 0 Å². The molecule has 0 radical (unpaired) electrons. The molecule has 1 nitrogen and oxygen atoms in total. The standard InChI is InChI=1S/C19H15ClO/c1-13-6-9-17(18(20)10-13)19(21)12-14-7-8-15-4-2-3-5-16(15)11-14/h2-11H,12H2,1H3. The molecule has 3 rings (SSSR count). The Hall–Kier alpha value is -2.12. The Balaban J connectivity index is 1.89. The van der Waals surface area contributed by atoms with Crippen molar-refractivity contribution in [3.05, 3.63) is 82.4 Å². The number of carbonyl (C=O) groups is 1. The van der Waals surface area contributed by atoms with Gasteiger partial charge in [0.2, 0.25) is 0 Å². The van der Waals surface area contributed by atoms with Crippen molar-refractivity contribution in [1.82, 2.24) is 0 Å². The van der Waals surface area contributed by atoms with Crippen LogP contribution in [0.3, 0.4) is 0 Å². The molecule has 2 heteroatoms. The number of ketones is 1. The SMILES string of the molecule is Cc1ccc(C(=O)Cc2ccc3ccccc3c2)c(Cl)c1. The summed E-state index contributed by atoms with van der Waals surface area (Å²) in [5, 5.41) is 2.86. The third-order valence-corrected chi connectivity index (χ3v) is 3.92. The lowest BCUT2D eigenvalue weighted by Crippen LogP contribution is -2.04. The van der Waals surface area contributed by atoms with Crippen LogP contribution in [0.25, 0.3) is 10.8 Å². The summed E-state index contributed by atoms with van der Waals surface area (Å²) in [4.78, 5) is 12.4. The normalized spacial score (nSPS) is 10.8. The zero-order chi connectivity index (χ0) is 14.8. The monoisotopic (exact) mass is 294 g/mol. The predicted octanol–water partition coefficient (Wildman–Crippen LogP) is 5.23. The summed E-state index contributed by atoms with van der Waals surface area (Å²) in [6, 6.07) is 19.8. The first-order chi connectivity index (χ1) is 10.1. The van der Waals surface area contributed by atoms with Crippen molar-refractivity contribution in [2.24, 2.45) is 0 Å². The molecule has 0 aliphatic carbocycles. The molecule has 0 saturated heterocycles. The molecule has 0 aliphatic rings. The van der Waals surface area contributed by atoms with Crippen molar-refractivity contribution in [1.29, 1.82) is 0 Å². The fraction of sp³-hybridized carbons (Fsp3) is 0.105. The molecule has 0 saturated carbocycles. The van der Waals surface area contributed by atoms with E-state index in [1.165, 1.54) is 5.39 Å².